The molecule has 2 aromatic carbocycles. The van der Waals surface area contributed by atoms with Crippen molar-refractivity contribution in [1.82, 2.24) is 0 Å². The lowest BCUT2D eigenvalue weighted by atomic mass is 9.82. The predicted molar refractivity (Wildman–Crippen MR) is 128 cm³/mol. The van der Waals surface area contributed by atoms with Crippen LogP contribution in [0.2, 0.25) is 0 Å². The standard InChI is InChI=1S/C24H25F3N2O7S/c1-3-35-20-12-15(28-22(30)17-6-4-5-7-18(17)23(31)32)10-11-21(20)37(33,34)29-16-9-8-14(2)19(13-16)36-24(25,26)27/h4-5,8-13,17-18,29H,3,6-7H2,1-2H3,(H,28,30)(H,31,32)/t17-,18-/m0/s1. The fourth-order valence-corrected chi connectivity index (χ4v) is 4.97. The van der Waals surface area contributed by atoms with Gasteiger partial charge in [-0.1, -0.05) is 18.2 Å². The third-order valence-electron chi connectivity index (χ3n) is 5.55. The number of aryl methyl sites for hydroxylation is 1. The molecule has 1 aliphatic carbocycles. The first-order valence-corrected chi connectivity index (χ1v) is 12.6. The molecule has 200 valence electrons. The molecule has 3 N–H and O–H groups in total. The summed E-state index contributed by atoms with van der Waals surface area (Å²) in [6.45, 7) is 3.06. The number of nitrogens with one attached hydrogen (secondary N) is 2. The number of alkyl halides is 3. The Bertz CT molecular complexity index is 1310. The first-order valence-electron chi connectivity index (χ1n) is 11.2. The van der Waals surface area contributed by atoms with Gasteiger partial charge in [0.25, 0.3) is 10.0 Å². The average molecular weight is 543 g/mol. The van der Waals surface area contributed by atoms with E-state index in [-0.39, 0.29) is 47.0 Å². The van der Waals surface area contributed by atoms with E-state index in [0.717, 1.165) is 6.07 Å². The molecule has 9 nitrogen and oxygen atoms in total. The van der Waals surface area contributed by atoms with Crippen LogP contribution in [0.1, 0.15) is 25.3 Å². The van der Waals surface area contributed by atoms with E-state index >= 15 is 0 Å². The lowest BCUT2D eigenvalue weighted by molar-refractivity contribution is -0.274. The number of carbonyl (C=O) groups excluding carboxylic acids is 1. The highest BCUT2D eigenvalue weighted by atomic mass is 32.2. The van der Waals surface area contributed by atoms with Crippen LogP contribution in [-0.4, -0.2) is 38.4 Å². The van der Waals surface area contributed by atoms with E-state index in [1.165, 1.54) is 37.3 Å². The molecule has 0 saturated carbocycles. The molecule has 0 aliphatic heterocycles. The molecule has 13 heteroatoms. The van der Waals surface area contributed by atoms with Crippen molar-refractivity contribution >= 4 is 33.3 Å². The second-order valence-corrected chi connectivity index (χ2v) is 9.86. The second kappa shape index (κ2) is 11.1. The van der Waals surface area contributed by atoms with Gasteiger partial charge in [-0.25, -0.2) is 8.42 Å². The average Bonchev–Trinajstić information content (AvgIpc) is 2.80. The lowest BCUT2D eigenvalue weighted by Crippen LogP contribution is -2.34. The summed E-state index contributed by atoms with van der Waals surface area (Å²) in [5.41, 5.74) is 0.158. The highest BCUT2D eigenvalue weighted by Crippen LogP contribution is 2.33. The fraction of sp³-hybridized carbons (Fsp3) is 0.333. The number of carboxylic acid groups (broad SMARTS) is 1. The number of hydrogen-bond acceptors (Lipinski definition) is 6. The number of carboxylic acids is 1. The smallest absolute Gasteiger partial charge is 0.492 e. The summed E-state index contributed by atoms with van der Waals surface area (Å²) in [5.74, 6) is -4.01. The summed E-state index contributed by atoms with van der Waals surface area (Å²) in [7, 11) is -4.34. The van der Waals surface area contributed by atoms with E-state index < -0.39 is 45.8 Å². The fourth-order valence-electron chi connectivity index (χ4n) is 3.80. The summed E-state index contributed by atoms with van der Waals surface area (Å²) >= 11 is 0. The maximum absolute atomic E-state index is 13.1. The summed E-state index contributed by atoms with van der Waals surface area (Å²) in [6.07, 6.45) is -1.06. The number of halogens is 3. The third-order valence-corrected chi connectivity index (χ3v) is 6.97. The number of ether oxygens (including phenoxy) is 2. The normalized spacial score (nSPS) is 17.6. The molecule has 2 aromatic rings. The predicted octanol–water partition coefficient (Wildman–Crippen LogP) is 4.70. The van der Waals surface area contributed by atoms with Crippen LogP contribution in [0, 0.1) is 18.8 Å². The molecule has 0 bridgehead atoms. The van der Waals surface area contributed by atoms with Gasteiger partial charge < -0.3 is 19.9 Å². The molecule has 0 aromatic heterocycles. The summed E-state index contributed by atoms with van der Waals surface area (Å²) in [6, 6.07) is 7.20. The molecular weight excluding hydrogens is 517 g/mol. The van der Waals surface area contributed by atoms with Crippen molar-refractivity contribution in [3.05, 3.63) is 54.1 Å². The molecule has 0 unspecified atom stereocenters. The zero-order valence-electron chi connectivity index (χ0n) is 19.8. The van der Waals surface area contributed by atoms with Crippen LogP contribution in [0.15, 0.2) is 53.4 Å². The van der Waals surface area contributed by atoms with E-state index in [0.29, 0.717) is 0 Å². The SMILES string of the molecule is CCOc1cc(NC(=O)[C@H]2CC=CC[C@@H]2C(=O)O)ccc1S(=O)(=O)Nc1ccc(C)c(OC(F)(F)F)c1. The summed E-state index contributed by atoms with van der Waals surface area (Å²) in [5, 5.41) is 12.0. The van der Waals surface area contributed by atoms with Crippen molar-refractivity contribution in [2.24, 2.45) is 11.8 Å². The first kappa shape index (κ1) is 27.8. The van der Waals surface area contributed by atoms with E-state index in [1.807, 2.05) is 0 Å². The van der Waals surface area contributed by atoms with E-state index in [1.54, 1.807) is 19.1 Å². The van der Waals surface area contributed by atoms with E-state index in [4.69, 9.17) is 4.74 Å². The number of benzene rings is 2. The Morgan fingerprint density at radius 1 is 1.03 bits per heavy atom. The molecule has 0 saturated heterocycles. The van der Waals surface area contributed by atoms with Crippen LogP contribution < -0.4 is 19.5 Å². The van der Waals surface area contributed by atoms with Crippen LogP contribution >= 0.6 is 0 Å². The van der Waals surface area contributed by atoms with Crippen molar-refractivity contribution in [3.63, 3.8) is 0 Å². The van der Waals surface area contributed by atoms with Crippen LogP contribution in [-0.2, 0) is 19.6 Å². The molecule has 1 aliphatic rings. The molecule has 1 amide bonds. The number of anilines is 2. The van der Waals surface area contributed by atoms with Gasteiger partial charge in [0.05, 0.1) is 24.1 Å². The summed E-state index contributed by atoms with van der Waals surface area (Å²) in [4.78, 5) is 23.9. The second-order valence-electron chi connectivity index (χ2n) is 8.21. The minimum Gasteiger partial charge on any atom is -0.492 e. The Morgan fingerprint density at radius 2 is 1.65 bits per heavy atom. The largest absolute Gasteiger partial charge is 0.573 e. The van der Waals surface area contributed by atoms with Crippen molar-refractivity contribution in [3.8, 4) is 11.5 Å². The number of amides is 1. The van der Waals surface area contributed by atoms with Crippen LogP contribution in [0.3, 0.4) is 0 Å². The minimum absolute atomic E-state index is 0.0720. The van der Waals surface area contributed by atoms with Gasteiger partial charge in [-0.2, -0.15) is 0 Å². The van der Waals surface area contributed by atoms with Crippen molar-refractivity contribution in [2.75, 3.05) is 16.6 Å². The first-order chi connectivity index (χ1) is 17.3. The maximum Gasteiger partial charge on any atom is 0.573 e. The molecular formula is C24H25F3N2O7S. The Morgan fingerprint density at radius 3 is 2.27 bits per heavy atom. The topological polar surface area (TPSA) is 131 Å². The Labute approximate surface area is 211 Å². The number of sulfonamides is 1. The monoisotopic (exact) mass is 542 g/mol. The van der Waals surface area contributed by atoms with Gasteiger partial charge in [0, 0.05) is 17.8 Å². The van der Waals surface area contributed by atoms with Crippen LogP contribution in [0.4, 0.5) is 24.5 Å². The Balaban J connectivity index is 1.85. The minimum atomic E-state index is -4.96. The van der Waals surface area contributed by atoms with Gasteiger partial charge in [0.15, 0.2) is 0 Å². The Hall–Kier alpha value is -3.74. The molecule has 0 heterocycles. The van der Waals surface area contributed by atoms with E-state index in [9.17, 15) is 36.3 Å². The Kier molecular flexibility index (Phi) is 8.36. The van der Waals surface area contributed by atoms with Gasteiger partial charge in [-0.05, 0) is 50.5 Å². The highest BCUT2D eigenvalue weighted by Gasteiger charge is 2.34. The molecule has 2 atom stereocenters. The molecule has 0 fully saturated rings. The van der Waals surface area contributed by atoms with Gasteiger partial charge in [-0.3, -0.25) is 14.3 Å². The number of aliphatic carboxylic acids is 1. The highest BCUT2D eigenvalue weighted by molar-refractivity contribution is 7.92. The zero-order chi connectivity index (χ0) is 27.4. The number of carbonyl (C=O) groups is 2. The zero-order valence-corrected chi connectivity index (χ0v) is 20.7. The number of allylic oxidation sites excluding steroid dienone is 2. The van der Waals surface area contributed by atoms with Crippen LogP contribution in [0.5, 0.6) is 11.5 Å². The quantitative estimate of drug-likeness (QED) is 0.392. The van der Waals surface area contributed by atoms with Gasteiger partial charge in [-0.15, -0.1) is 13.2 Å². The van der Waals surface area contributed by atoms with Crippen molar-refractivity contribution in [2.45, 2.75) is 37.9 Å². The molecule has 37 heavy (non-hydrogen) atoms. The van der Waals surface area contributed by atoms with Crippen molar-refractivity contribution in [1.29, 1.82) is 0 Å². The number of hydrogen-bond donors (Lipinski definition) is 3. The lowest BCUT2D eigenvalue weighted by Gasteiger charge is -2.24. The van der Waals surface area contributed by atoms with Crippen LogP contribution in [0.25, 0.3) is 0 Å². The maximum atomic E-state index is 13.1. The molecule has 3 rings (SSSR count). The number of rotatable bonds is 9. The molecule has 0 spiro atoms. The van der Waals surface area contributed by atoms with Gasteiger partial charge >= 0.3 is 12.3 Å². The molecule has 0 radical (unpaired) electrons. The summed E-state index contributed by atoms with van der Waals surface area (Å²) < 4.78 is 75.7. The van der Waals surface area contributed by atoms with Gasteiger partial charge in [0.1, 0.15) is 16.4 Å². The van der Waals surface area contributed by atoms with Crippen molar-refractivity contribution < 1.29 is 45.8 Å². The van der Waals surface area contributed by atoms with E-state index in [2.05, 4.69) is 14.8 Å². The third kappa shape index (κ3) is 7.15. The van der Waals surface area contributed by atoms with Gasteiger partial charge in [0.2, 0.25) is 5.91 Å².